The molecule has 0 saturated heterocycles. The second kappa shape index (κ2) is 7.42. The van der Waals surface area contributed by atoms with E-state index in [1.807, 2.05) is 0 Å². The van der Waals surface area contributed by atoms with Crippen LogP contribution in [0.3, 0.4) is 0 Å². The monoisotopic (exact) mass is 399 g/mol. The van der Waals surface area contributed by atoms with Gasteiger partial charge in [-0.05, 0) is 25.0 Å². The molecular formula is C12H15BrClNO5S. The number of nitro groups is 1. The molecule has 1 atom stereocenters. The molecule has 9 heteroatoms. The first-order valence-corrected chi connectivity index (χ1v) is 9.40. The quantitative estimate of drug-likeness (QED) is 0.396. The molecule has 0 radical (unpaired) electrons. The molecule has 0 aromatic heterocycles. The number of halogens is 2. The van der Waals surface area contributed by atoms with Crippen molar-refractivity contribution in [2.75, 3.05) is 12.4 Å². The third-order valence-electron chi connectivity index (χ3n) is 2.89. The molecule has 0 saturated carbocycles. The maximum Gasteiger partial charge on any atom is 0.312 e. The molecule has 6 nitrogen and oxygen atoms in total. The summed E-state index contributed by atoms with van der Waals surface area (Å²) in [5.41, 5.74) is 0.435. The van der Waals surface area contributed by atoms with Gasteiger partial charge >= 0.3 is 5.69 Å². The fraction of sp³-hybridized carbons (Fsp3) is 0.500. The summed E-state index contributed by atoms with van der Waals surface area (Å²) in [5, 5.41) is 11.1. The van der Waals surface area contributed by atoms with E-state index in [0.717, 1.165) is 0 Å². The van der Waals surface area contributed by atoms with E-state index < -0.39 is 14.0 Å². The van der Waals surface area contributed by atoms with Gasteiger partial charge in [0.25, 0.3) is 0 Å². The van der Waals surface area contributed by atoms with E-state index in [1.54, 1.807) is 19.9 Å². The Morgan fingerprint density at radius 3 is 2.57 bits per heavy atom. The lowest BCUT2D eigenvalue weighted by atomic mass is 10.1. The van der Waals surface area contributed by atoms with Crippen molar-refractivity contribution in [3.63, 3.8) is 0 Å². The standard InChI is InChI=1S/C12H15BrClNO5S/c1-3-9(7-21(14,18)19)6-20-12-8(2)4-10(13)5-11(12)15(16)17/h4-5,9H,3,6-7H2,1-2H3. The van der Waals surface area contributed by atoms with Crippen LogP contribution >= 0.6 is 26.6 Å². The molecule has 0 aliphatic carbocycles. The van der Waals surface area contributed by atoms with E-state index in [9.17, 15) is 18.5 Å². The Labute approximate surface area is 136 Å². The topological polar surface area (TPSA) is 86.5 Å². The first-order chi connectivity index (χ1) is 9.64. The van der Waals surface area contributed by atoms with Crippen LogP contribution in [0.5, 0.6) is 5.75 Å². The molecule has 0 aliphatic heterocycles. The molecular weight excluding hydrogens is 386 g/mol. The average Bonchev–Trinajstić information content (AvgIpc) is 2.33. The van der Waals surface area contributed by atoms with Gasteiger partial charge in [0.05, 0.1) is 17.3 Å². The van der Waals surface area contributed by atoms with Crippen LogP contribution in [0.4, 0.5) is 5.69 Å². The smallest absolute Gasteiger partial charge is 0.312 e. The summed E-state index contributed by atoms with van der Waals surface area (Å²) in [6, 6.07) is 3.04. The Morgan fingerprint density at radius 1 is 1.48 bits per heavy atom. The fourth-order valence-corrected chi connectivity index (χ4v) is 3.79. The van der Waals surface area contributed by atoms with Crippen molar-refractivity contribution in [1.82, 2.24) is 0 Å². The zero-order valence-electron chi connectivity index (χ0n) is 11.5. The van der Waals surface area contributed by atoms with Gasteiger partial charge in [0.15, 0.2) is 5.75 Å². The van der Waals surface area contributed by atoms with E-state index in [-0.39, 0.29) is 29.7 Å². The molecule has 0 amide bonds. The molecule has 21 heavy (non-hydrogen) atoms. The highest BCUT2D eigenvalue weighted by Crippen LogP contribution is 2.34. The number of aryl methyl sites for hydroxylation is 1. The summed E-state index contributed by atoms with van der Waals surface area (Å²) in [5.74, 6) is -0.405. The van der Waals surface area contributed by atoms with Crippen molar-refractivity contribution in [1.29, 1.82) is 0 Å². The largest absolute Gasteiger partial charge is 0.486 e. The van der Waals surface area contributed by atoms with Crippen molar-refractivity contribution in [3.8, 4) is 5.75 Å². The summed E-state index contributed by atoms with van der Waals surface area (Å²) < 4.78 is 28.3. The van der Waals surface area contributed by atoms with Crippen LogP contribution in [-0.2, 0) is 9.05 Å². The number of benzene rings is 1. The number of nitrogens with zero attached hydrogens (tertiary/aromatic N) is 1. The van der Waals surface area contributed by atoms with Crippen LogP contribution < -0.4 is 4.74 Å². The van der Waals surface area contributed by atoms with Gasteiger partial charge in [0, 0.05) is 27.1 Å². The molecule has 0 spiro atoms. The first kappa shape index (κ1) is 18.2. The lowest BCUT2D eigenvalue weighted by Crippen LogP contribution is -2.19. The first-order valence-electron chi connectivity index (χ1n) is 6.13. The third-order valence-corrected chi connectivity index (χ3v) is 4.60. The normalized spacial score (nSPS) is 13.0. The highest BCUT2D eigenvalue weighted by atomic mass is 79.9. The minimum atomic E-state index is -3.63. The lowest BCUT2D eigenvalue weighted by Gasteiger charge is -2.15. The minimum Gasteiger partial charge on any atom is -0.486 e. The van der Waals surface area contributed by atoms with Gasteiger partial charge < -0.3 is 4.74 Å². The van der Waals surface area contributed by atoms with Crippen molar-refractivity contribution >= 4 is 41.4 Å². The molecule has 118 valence electrons. The summed E-state index contributed by atoms with van der Waals surface area (Å²) in [7, 11) is 1.59. The Morgan fingerprint density at radius 2 is 2.10 bits per heavy atom. The second-order valence-electron chi connectivity index (χ2n) is 4.62. The van der Waals surface area contributed by atoms with Crippen molar-refractivity contribution in [3.05, 3.63) is 32.3 Å². The van der Waals surface area contributed by atoms with Crippen LogP contribution in [0.15, 0.2) is 16.6 Å². The second-order valence-corrected chi connectivity index (χ2v) is 8.36. The Bertz CT molecular complexity index is 635. The maximum absolute atomic E-state index is 11.1. The third kappa shape index (κ3) is 5.80. The molecule has 1 aromatic rings. The van der Waals surface area contributed by atoms with E-state index in [0.29, 0.717) is 16.5 Å². The molecule has 1 rings (SSSR count). The summed E-state index contributed by atoms with van der Waals surface area (Å²) in [4.78, 5) is 10.5. The molecule has 0 heterocycles. The summed E-state index contributed by atoms with van der Waals surface area (Å²) in [6.45, 7) is 3.54. The number of nitro benzene ring substituents is 1. The lowest BCUT2D eigenvalue weighted by molar-refractivity contribution is -0.386. The van der Waals surface area contributed by atoms with Gasteiger partial charge in [-0.2, -0.15) is 0 Å². The van der Waals surface area contributed by atoms with Crippen molar-refractivity contribution < 1.29 is 18.1 Å². The van der Waals surface area contributed by atoms with Gasteiger partial charge in [-0.25, -0.2) is 8.42 Å². The van der Waals surface area contributed by atoms with Crippen LogP contribution in [0.1, 0.15) is 18.9 Å². The molecule has 1 aromatic carbocycles. The Kier molecular flexibility index (Phi) is 6.42. The molecule has 0 bridgehead atoms. The maximum atomic E-state index is 11.1. The number of ether oxygens (including phenoxy) is 1. The summed E-state index contributed by atoms with van der Waals surface area (Å²) >= 11 is 3.19. The van der Waals surface area contributed by atoms with Gasteiger partial charge in [-0.3, -0.25) is 10.1 Å². The molecule has 1 unspecified atom stereocenters. The predicted molar refractivity (Wildman–Crippen MR) is 84.4 cm³/mol. The predicted octanol–water partition coefficient (Wildman–Crippen LogP) is 3.64. The Balaban J connectivity index is 2.95. The van der Waals surface area contributed by atoms with Gasteiger partial charge in [-0.1, -0.05) is 22.9 Å². The van der Waals surface area contributed by atoms with Gasteiger partial charge in [0.2, 0.25) is 9.05 Å². The minimum absolute atomic E-state index is 0.0474. The van der Waals surface area contributed by atoms with Crippen LogP contribution in [0.25, 0.3) is 0 Å². The molecule has 0 fully saturated rings. The van der Waals surface area contributed by atoms with Crippen LogP contribution in [0, 0.1) is 23.0 Å². The van der Waals surface area contributed by atoms with Crippen LogP contribution in [0.2, 0.25) is 0 Å². The molecule has 0 aliphatic rings. The summed E-state index contributed by atoms with van der Waals surface area (Å²) in [6.07, 6.45) is 0.537. The average molecular weight is 401 g/mol. The fourth-order valence-electron chi connectivity index (χ4n) is 1.80. The van der Waals surface area contributed by atoms with Crippen molar-refractivity contribution in [2.45, 2.75) is 20.3 Å². The van der Waals surface area contributed by atoms with Gasteiger partial charge in [0.1, 0.15) is 0 Å². The van der Waals surface area contributed by atoms with Crippen molar-refractivity contribution in [2.24, 2.45) is 5.92 Å². The van der Waals surface area contributed by atoms with E-state index in [1.165, 1.54) is 6.07 Å². The Hall–Kier alpha value is -0.860. The number of hydrogen-bond donors (Lipinski definition) is 0. The van der Waals surface area contributed by atoms with Crippen LogP contribution in [-0.4, -0.2) is 25.7 Å². The zero-order chi connectivity index (χ0) is 16.2. The van der Waals surface area contributed by atoms with E-state index in [2.05, 4.69) is 15.9 Å². The highest BCUT2D eigenvalue weighted by Gasteiger charge is 2.22. The highest BCUT2D eigenvalue weighted by molar-refractivity contribution is 9.10. The van der Waals surface area contributed by atoms with E-state index in [4.69, 9.17) is 15.4 Å². The zero-order valence-corrected chi connectivity index (χ0v) is 14.7. The number of hydrogen-bond acceptors (Lipinski definition) is 5. The molecule has 0 N–H and O–H groups in total. The number of rotatable bonds is 7. The van der Waals surface area contributed by atoms with E-state index >= 15 is 0 Å². The van der Waals surface area contributed by atoms with Gasteiger partial charge in [-0.15, -0.1) is 0 Å². The SMILES string of the molecule is CCC(COc1c(C)cc(Br)cc1[N+](=O)[O-])CS(=O)(=O)Cl.